The zero-order valence-electron chi connectivity index (χ0n) is 10.9. The summed E-state index contributed by atoms with van der Waals surface area (Å²) in [6.07, 6.45) is 1.99. The number of rotatable bonds is 8. The van der Waals surface area contributed by atoms with Crippen LogP contribution in [0, 0.1) is 11.3 Å². The van der Waals surface area contributed by atoms with Crippen LogP contribution in [-0.4, -0.2) is 30.3 Å². The maximum atomic E-state index is 11.9. The van der Waals surface area contributed by atoms with Gasteiger partial charge >= 0.3 is 0 Å². The molecule has 3 nitrogen and oxygen atoms in total. The van der Waals surface area contributed by atoms with E-state index in [0.717, 1.165) is 31.6 Å². The minimum absolute atomic E-state index is 0.201. The Morgan fingerprint density at radius 2 is 2.00 bits per heavy atom. The van der Waals surface area contributed by atoms with Crippen molar-refractivity contribution >= 4 is 5.78 Å². The zero-order valence-corrected chi connectivity index (χ0v) is 10.9. The Kier molecular flexibility index (Phi) is 6.75. The van der Waals surface area contributed by atoms with Crippen LogP contribution in [0.5, 0.6) is 0 Å². The first-order valence-electron chi connectivity index (χ1n) is 6.45. The average molecular weight is 244 g/mol. The van der Waals surface area contributed by atoms with Gasteiger partial charge in [-0.25, -0.2) is 0 Å². The molecule has 0 spiro atoms. The molecule has 0 amide bonds. The van der Waals surface area contributed by atoms with Gasteiger partial charge in [0.05, 0.1) is 6.07 Å². The Balaban J connectivity index is 2.29. The second-order valence-electron chi connectivity index (χ2n) is 4.24. The molecule has 0 unspecified atom stereocenters. The quantitative estimate of drug-likeness (QED) is 0.660. The van der Waals surface area contributed by atoms with Crippen LogP contribution in [0.3, 0.4) is 0 Å². The predicted molar refractivity (Wildman–Crippen MR) is 72.4 cm³/mol. The van der Waals surface area contributed by atoms with Crippen molar-refractivity contribution in [2.45, 2.75) is 26.2 Å². The molecule has 0 saturated heterocycles. The average Bonchev–Trinajstić information content (AvgIpc) is 2.43. The fraction of sp³-hybridized carbons (Fsp3) is 0.467. The van der Waals surface area contributed by atoms with E-state index in [1.807, 2.05) is 30.3 Å². The third-order valence-electron chi connectivity index (χ3n) is 2.96. The van der Waals surface area contributed by atoms with Crippen molar-refractivity contribution in [2.24, 2.45) is 0 Å². The number of benzene rings is 1. The van der Waals surface area contributed by atoms with Gasteiger partial charge < -0.3 is 4.90 Å². The number of ketones is 1. The van der Waals surface area contributed by atoms with Crippen LogP contribution in [0.4, 0.5) is 0 Å². The Bertz CT molecular complexity index is 395. The van der Waals surface area contributed by atoms with Gasteiger partial charge in [-0.2, -0.15) is 5.26 Å². The monoisotopic (exact) mass is 244 g/mol. The minimum atomic E-state index is 0.201. The van der Waals surface area contributed by atoms with Gasteiger partial charge in [-0.05, 0) is 19.5 Å². The fourth-order valence-electron chi connectivity index (χ4n) is 1.87. The van der Waals surface area contributed by atoms with Gasteiger partial charge in [0, 0.05) is 24.9 Å². The maximum absolute atomic E-state index is 11.9. The molecule has 1 aromatic rings. The fourth-order valence-corrected chi connectivity index (χ4v) is 1.87. The molecular weight excluding hydrogens is 224 g/mol. The highest BCUT2D eigenvalue weighted by molar-refractivity contribution is 5.95. The van der Waals surface area contributed by atoms with Crippen LogP contribution in [0.15, 0.2) is 30.3 Å². The molecule has 0 saturated carbocycles. The van der Waals surface area contributed by atoms with Crippen LogP contribution >= 0.6 is 0 Å². The van der Waals surface area contributed by atoms with E-state index in [1.54, 1.807) is 0 Å². The van der Waals surface area contributed by atoms with Crippen molar-refractivity contribution in [3.05, 3.63) is 35.9 Å². The number of nitriles is 1. The standard InChI is InChI=1S/C15H20N2O/c1-2-17(13-7-11-16)12-6-10-15(18)14-8-4-3-5-9-14/h3-5,8-9H,2,6-7,10,12-13H2,1H3. The lowest BCUT2D eigenvalue weighted by atomic mass is 10.1. The molecule has 1 aromatic carbocycles. The van der Waals surface area contributed by atoms with Crippen molar-refractivity contribution in [3.63, 3.8) is 0 Å². The Morgan fingerprint density at radius 3 is 2.61 bits per heavy atom. The molecular formula is C15H20N2O. The van der Waals surface area contributed by atoms with Gasteiger partial charge in [-0.3, -0.25) is 4.79 Å². The van der Waals surface area contributed by atoms with Crippen molar-refractivity contribution in [1.29, 1.82) is 5.26 Å². The lowest BCUT2D eigenvalue weighted by Crippen LogP contribution is -2.25. The Morgan fingerprint density at radius 1 is 1.28 bits per heavy atom. The van der Waals surface area contributed by atoms with Crippen molar-refractivity contribution in [2.75, 3.05) is 19.6 Å². The lowest BCUT2D eigenvalue weighted by Gasteiger charge is -2.18. The molecule has 96 valence electrons. The molecule has 0 aliphatic rings. The highest BCUT2D eigenvalue weighted by Crippen LogP contribution is 2.06. The third-order valence-corrected chi connectivity index (χ3v) is 2.96. The van der Waals surface area contributed by atoms with E-state index in [9.17, 15) is 4.79 Å². The summed E-state index contributed by atoms with van der Waals surface area (Å²) >= 11 is 0. The molecule has 0 radical (unpaired) electrons. The number of carbonyl (C=O) groups is 1. The molecule has 1 rings (SSSR count). The lowest BCUT2D eigenvalue weighted by molar-refractivity contribution is 0.0975. The predicted octanol–water partition coefficient (Wildman–Crippen LogP) is 2.89. The third kappa shape index (κ3) is 5.11. The van der Waals surface area contributed by atoms with E-state index in [4.69, 9.17) is 5.26 Å². The van der Waals surface area contributed by atoms with E-state index in [2.05, 4.69) is 17.9 Å². The first kappa shape index (κ1) is 14.4. The van der Waals surface area contributed by atoms with E-state index in [1.165, 1.54) is 0 Å². The van der Waals surface area contributed by atoms with Crippen molar-refractivity contribution in [1.82, 2.24) is 4.90 Å². The molecule has 0 N–H and O–H groups in total. The summed E-state index contributed by atoms with van der Waals surface area (Å²) in [5, 5.41) is 8.54. The molecule has 18 heavy (non-hydrogen) atoms. The minimum Gasteiger partial charge on any atom is -0.303 e. The normalized spacial score (nSPS) is 10.3. The first-order valence-corrected chi connectivity index (χ1v) is 6.45. The number of carbonyl (C=O) groups excluding carboxylic acids is 1. The van der Waals surface area contributed by atoms with Gasteiger partial charge in [0.2, 0.25) is 0 Å². The van der Waals surface area contributed by atoms with Crippen LogP contribution in [0.1, 0.15) is 36.5 Å². The SMILES string of the molecule is CCN(CCC#N)CCCC(=O)c1ccccc1. The topological polar surface area (TPSA) is 44.1 Å². The van der Waals surface area contributed by atoms with Crippen molar-refractivity contribution in [3.8, 4) is 6.07 Å². The largest absolute Gasteiger partial charge is 0.303 e. The van der Waals surface area contributed by atoms with Crippen LogP contribution in [0.2, 0.25) is 0 Å². The summed E-state index contributed by atoms with van der Waals surface area (Å²) in [5.41, 5.74) is 0.789. The Hall–Kier alpha value is -1.66. The number of Topliss-reactive ketones (excluding diaryl/α,β-unsaturated/α-hetero) is 1. The number of hydrogen-bond acceptors (Lipinski definition) is 3. The first-order chi connectivity index (χ1) is 8.77. The van der Waals surface area contributed by atoms with E-state index >= 15 is 0 Å². The van der Waals surface area contributed by atoms with Crippen molar-refractivity contribution < 1.29 is 4.79 Å². The number of nitrogens with zero attached hydrogens (tertiary/aromatic N) is 2. The molecule has 0 aromatic heterocycles. The molecule has 0 fully saturated rings. The molecule has 0 aliphatic heterocycles. The van der Waals surface area contributed by atoms with Crippen LogP contribution in [0.25, 0.3) is 0 Å². The maximum Gasteiger partial charge on any atom is 0.162 e. The van der Waals surface area contributed by atoms with Gasteiger partial charge in [0.15, 0.2) is 5.78 Å². The van der Waals surface area contributed by atoms with Gasteiger partial charge in [-0.1, -0.05) is 37.3 Å². The van der Waals surface area contributed by atoms with E-state index in [0.29, 0.717) is 12.8 Å². The molecule has 0 bridgehead atoms. The second-order valence-corrected chi connectivity index (χ2v) is 4.24. The van der Waals surface area contributed by atoms with Crippen LogP contribution in [-0.2, 0) is 0 Å². The zero-order chi connectivity index (χ0) is 13.2. The molecule has 0 heterocycles. The van der Waals surface area contributed by atoms with Gasteiger partial charge in [-0.15, -0.1) is 0 Å². The summed E-state index contributed by atoms with van der Waals surface area (Å²) in [6, 6.07) is 11.6. The summed E-state index contributed by atoms with van der Waals surface area (Å²) in [5.74, 6) is 0.201. The highest BCUT2D eigenvalue weighted by atomic mass is 16.1. The molecule has 0 aliphatic carbocycles. The van der Waals surface area contributed by atoms with Gasteiger partial charge in [0.25, 0.3) is 0 Å². The molecule has 3 heteroatoms. The number of hydrogen-bond donors (Lipinski definition) is 0. The summed E-state index contributed by atoms with van der Waals surface area (Å²) < 4.78 is 0. The highest BCUT2D eigenvalue weighted by Gasteiger charge is 2.06. The van der Waals surface area contributed by atoms with E-state index in [-0.39, 0.29) is 5.78 Å². The second kappa shape index (κ2) is 8.43. The smallest absolute Gasteiger partial charge is 0.162 e. The molecule has 0 atom stereocenters. The summed E-state index contributed by atoms with van der Waals surface area (Å²) in [6.45, 7) is 4.70. The summed E-state index contributed by atoms with van der Waals surface area (Å²) in [7, 11) is 0. The van der Waals surface area contributed by atoms with E-state index < -0.39 is 0 Å². The van der Waals surface area contributed by atoms with Crippen LogP contribution < -0.4 is 0 Å². The van der Waals surface area contributed by atoms with Gasteiger partial charge in [0.1, 0.15) is 0 Å². The summed E-state index contributed by atoms with van der Waals surface area (Å²) in [4.78, 5) is 14.1. The Labute approximate surface area is 109 Å².